The van der Waals surface area contributed by atoms with Gasteiger partial charge in [-0.1, -0.05) is 77.0 Å². The first-order valence-electron chi connectivity index (χ1n) is 16.4. The number of allylic oxidation sites excluding steroid dienone is 5. The molecule has 6 aliphatic rings. The largest absolute Gasteiger partial charge is 0.447 e. The molecule has 2 heterocycles. The fourth-order valence-electron chi connectivity index (χ4n) is 9.37. The van der Waals surface area contributed by atoms with Crippen LogP contribution in [0.4, 0.5) is 0 Å². The second-order valence-electron chi connectivity index (χ2n) is 15.0. The summed E-state index contributed by atoms with van der Waals surface area (Å²) in [6.07, 6.45) is 13.7. The SMILES string of the molecule is CC(C)[C@@H](C)/C=C/[C@@H](C)[C@H]1CC[C@@H]2C3=CC=C4C[C@@H](O[C@H]5OC[C@@H](O)[C@H]6OC(=O)C(=O)O[C@H]56)CC[C@]4(C)[C@@H]3CC[C@@]21C. The summed E-state index contributed by atoms with van der Waals surface area (Å²) in [7, 11) is 0. The van der Waals surface area contributed by atoms with Crippen molar-refractivity contribution in [3.05, 3.63) is 35.5 Å². The summed E-state index contributed by atoms with van der Waals surface area (Å²) in [5.41, 5.74) is 3.60. The summed E-state index contributed by atoms with van der Waals surface area (Å²) in [4.78, 5) is 23.6. The standard InChI is InChI=1S/C35H50O7/c1-19(2)20(3)7-8-21(4)25-11-12-26-24-10-9-22-17-23(13-15-34(22,5)27(24)14-16-35(25,26)6)40-33-30-29(28(36)18-39-33)41-31(37)32(38)42-30/h7-10,19-21,23,25-30,33,36H,11-18H2,1-6H3/b8-7+/t20-,21+,23-,25+,26+,27+,28+,29+,30-,33+,34-,35+/m0/s1. The van der Waals surface area contributed by atoms with Crippen molar-refractivity contribution in [1.29, 1.82) is 0 Å². The van der Waals surface area contributed by atoms with Crippen LogP contribution in [-0.4, -0.2) is 54.4 Å². The van der Waals surface area contributed by atoms with Gasteiger partial charge < -0.3 is 24.1 Å². The van der Waals surface area contributed by atoms with Crippen LogP contribution in [0.3, 0.4) is 0 Å². The Balaban J connectivity index is 1.15. The van der Waals surface area contributed by atoms with Crippen LogP contribution >= 0.6 is 0 Å². The van der Waals surface area contributed by atoms with E-state index in [-0.39, 0.29) is 18.1 Å². The average Bonchev–Trinajstić information content (AvgIpc) is 3.31. The zero-order chi connectivity index (χ0) is 30.0. The summed E-state index contributed by atoms with van der Waals surface area (Å²) >= 11 is 0. The lowest BCUT2D eigenvalue weighted by Gasteiger charge is -2.55. The quantitative estimate of drug-likeness (QED) is 0.237. The minimum Gasteiger partial charge on any atom is -0.447 e. The van der Waals surface area contributed by atoms with Gasteiger partial charge in [0, 0.05) is 0 Å². The van der Waals surface area contributed by atoms with Crippen LogP contribution in [0.1, 0.15) is 86.5 Å². The van der Waals surface area contributed by atoms with Crippen LogP contribution in [0.15, 0.2) is 35.5 Å². The Labute approximate surface area is 251 Å². The van der Waals surface area contributed by atoms with E-state index in [2.05, 4.69) is 65.8 Å². The zero-order valence-electron chi connectivity index (χ0n) is 26.2. The van der Waals surface area contributed by atoms with Gasteiger partial charge >= 0.3 is 11.9 Å². The minimum atomic E-state index is -1.08. The maximum absolute atomic E-state index is 11.9. The van der Waals surface area contributed by atoms with Crippen LogP contribution in [0.5, 0.6) is 0 Å². The van der Waals surface area contributed by atoms with Gasteiger partial charge in [-0.05, 0) is 91.3 Å². The average molecular weight is 583 g/mol. The molecule has 0 aromatic carbocycles. The molecule has 7 nitrogen and oxygen atoms in total. The van der Waals surface area contributed by atoms with Gasteiger partial charge in [0.2, 0.25) is 0 Å². The molecule has 3 saturated carbocycles. The fraction of sp³-hybridized carbons (Fsp3) is 0.771. The molecule has 0 amide bonds. The molecule has 12 atom stereocenters. The third kappa shape index (κ3) is 5.01. The van der Waals surface area contributed by atoms with E-state index in [4.69, 9.17) is 18.9 Å². The van der Waals surface area contributed by atoms with Crippen LogP contribution in [0, 0.1) is 46.3 Å². The number of esters is 2. The first kappa shape index (κ1) is 30.1. The van der Waals surface area contributed by atoms with Gasteiger partial charge in [-0.25, -0.2) is 9.59 Å². The Morgan fingerprint density at radius 1 is 0.929 bits per heavy atom. The molecular formula is C35H50O7. The minimum absolute atomic E-state index is 0.0374. The molecule has 2 saturated heterocycles. The predicted molar refractivity (Wildman–Crippen MR) is 158 cm³/mol. The normalized spacial score (nSPS) is 44.7. The molecule has 0 bridgehead atoms. The number of rotatable bonds is 6. The smallest absolute Gasteiger partial charge is 0.418 e. The van der Waals surface area contributed by atoms with Crippen molar-refractivity contribution in [1.82, 2.24) is 0 Å². The zero-order valence-corrected chi connectivity index (χ0v) is 26.2. The van der Waals surface area contributed by atoms with Gasteiger partial charge in [-0.2, -0.15) is 0 Å². The van der Waals surface area contributed by atoms with Crippen molar-refractivity contribution < 1.29 is 33.6 Å². The molecular weight excluding hydrogens is 532 g/mol. The molecule has 1 N–H and O–H groups in total. The topological polar surface area (TPSA) is 91.3 Å². The van der Waals surface area contributed by atoms with Gasteiger partial charge in [0.25, 0.3) is 0 Å². The summed E-state index contributed by atoms with van der Waals surface area (Å²) in [5.74, 6) is 1.71. The molecule has 4 aliphatic carbocycles. The number of carbonyl (C=O) groups excluding carboxylic acids is 2. The molecule has 2 aliphatic heterocycles. The molecule has 0 radical (unpaired) electrons. The van der Waals surface area contributed by atoms with Crippen LogP contribution in [0.2, 0.25) is 0 Å². The van der Waals surface area contributed by atoms with E-state index < -0.39 is 36.5 Å². The van der Waals surface area contributed by atoms with Crippen LogP contribution in [-0.2, 0) is 28.5 Å². The highest BCUT2D eigenvalue weighted by atomic mass is 16.7. The molecule has 7 heteroatoms. The maximum Gasteiger partial charge on any atom is 0.418 e. The summed E-state index contributed by atoms with van der Waals surface area (Å²) in [5, 5.41) is 10.3. The third-order valence-electron chi connectivity index (χ3n) is 12.4. The van der Waals surface area contributed by atoms with Crippen molar-refractivity contribution >= 4 is 11.9 Å². The highest BCUT2D eigenvalue weighted by molar-refractivity contribution is 6.30. The predicted octanol–water partition coefficient (Wildman–Crippen LogP) is 5.91. The molecule has 232 valence electrons. The highest BCUT2D eigenvalue weighted by Gasteiger charge is 2.57. The van der Waals surface area contributed by atoms with Crippen molar-refractivity contribution in [2.24, 2.45) is 46.3 Å². The Kier molecular flexibility index (Phi) is 8.02. The van der Waals surface area contributed by atoms with E-state index in [1.54, 1.807) is 5.57 Å². The molecule has 0 unspecified atom stereocenters. The molecule has 42 heavy (non-hydrogen) atoms. The Bertz CT molecular complexity index is 1170. The van der Waals surface area contributed by atoms with Crippen molar-refractivity contribution in [2.75, 3.05) is 6.61 Å². The second kappa shape index (κ2) is 11.2. The monoisotopic (exact) mass is 582 g/mol. The maximum atomic E-state index is 11.9. The first-order valence-corrected chi connectivity index (χ1v) is 16.4. The number of aliphatic hydroxyl groups is 1. The highest BCUT2D eigenvalue weighted by Crippen LogP contribution is 2.66. The lowest BCUT2D eigenvalue weighted by molar-refractivity contribution is -0.300. The van der Waals surface area contributed by atoms with Gasteiger partial charge in [0.15, 0.2) is 18.5 Å². The number of fused-ring (bicyclic) bond motifs is 6. The summed E-state index contributed by atoms with van der Waals surface area (Å²) in [6.45, 7) is 14.4. The number of carbonyl (C=O) groups is 2. The summed E-state index contributed by atoms with van der Waals surface area (Å²) < 4.78 is 22.6. The molecule has 0 aromatic rings. The van der Waals surface area contributed by atoms with Crippen molar-refractivity contribution in [2.45, 2.75) is 117 Å². The van der Waals surface area contributed by atoms with E-state index >= 15 is 0 Å². The Morgan fingerprint density at radius 2 is 1.67 bits per heavy atom. The van der Waals surface area contributed by atoms with Gasteiger partial charge in [-0.3, -0.25) is 0 Å². The van der Waals surface area contributed by atoms with E-state index in [9.17, 15) is 14.7 Å². The van der Waals surface area contributed by atoms with Gasteiger partial charge in [0.05, 0.1) is 12.7 Å². The lowest BCUT2D eigenvalue weighted by atomic mass is 9.50. The van der Waals surface area contributed by atoms with Crippen LogP contribution < -0.4 is 0 Å². The number of ether oxygens (including phenoxy) is 4. The lowest BCUT2D eigenvalue weighted by Crippen LogP contribution is -2.61. The molecule has 5 fully saturated rings. The van der Waals surface area contributed by atoms with Gasteiger partial charge in [-0.15, -0.1) is 0 Å². The first-order chi connectivity index (χ1) is 19.9. The van der Waals surface area contributed by atoms with E-state index in [1.165, 1.54) is 31.3 Å². The fourth-order valence-corrected chi connectivity index (χ4v) is 9.37. The molecule has 0 spiro atoms. The van der Waals surface area contributed by atoms with E-state index in [0.717, 1.165) is 25.2 Å². The number of aliphatic hydroxyl groups excluding tert-OH is 1. The Morgan fingerprint density at radius 3 is 2.40 bits per heavy atom. The van der Waals surface area contributed by atoms with Crippen molar-refractivity contribution in [3.63, 3.8) is 0 Å². The van der Waals surface area contributed by atoms with E-state index in [0.29, 0.717) is 35.0 Å². The van der Waals surface area contributed by atoms with E-state index in [1.807, 2.05) is 0 Å². The van der Waals surface area contributed by atoms with Crippen molar-refractivity contribution in [3.8, 4) is 0 Å². The van der Waals surface area contributed by atoms with Crippen LogP contribution in [0.25, 0.3) is 0 Å². The number of hydrogen-bond donors (Lipinski definition) is 1. The second-order valence-corrected chi connectivity index (χ2v) is 15.0. The molecule has 6 rings (SSSR count). The van der Waals surface area contributed by atoms with Gasteiger partial charge in [0.1, 0.15) is 6.10 Å². The Hall–Kier alpha value is -1.96. The molecule has 0 aromatic heterocycles. The number of hydrogen-bond acceptors (Lipinski definition) is 7. The summed E-state index contributed by atoms with van der Waals surface area (Å²) in [6, 6.07) is 0. The third-order valence-corrected chi connectivity index (χ3v) is 12.4.